The Hall–Kier alpha value is -3.00. The van der Waals surface area contributed by atoms with Gasteiger partial charge in [0, 0.05) is 25.8 Å². The van der Waals surface area contributed by atoms with Gasteiger partial charge in [-0.3, -0.25) is 9.59 Å². The van der Waals surface area contributed by atoms with Gasteiger partial charge >= 0.3 is 0 Å². The van der Waals surface area contributed by atoms with Gasteiger partial charge in [-0.15, -0.1) is 0 Å². The summed E-state index contributed by atoms with van der Waals surface area (Å²) in [5.41, 5.74) is 1.70. The fraction of sp³-hybridized carbons (Fsp3) is 0.500. The fourth-order valence-electron chi connectivity index (χ4n) is 5.35. The van der Waals surface area contributed by atoms with Crippen molar-refractivity contribution in [1.29, 1.82) is 0 Å². The minimum atomic E-state index is -0.754. The summed E-state index contributed by atoms with van der Waals surface area (Å²) in [5.74, 6) is -1.85. The Labute approximate surface area is 211 Å². The van der Waals surface area contributed by atoms with Crippen molar-refractivity contribution < 1.29 is 27.8 Å². The van der Waals surface area contributed by atoms with Crippen molar-refractivity contribution in [3.63, 3.8) is 0 Å². The lowest BCUT2D eigenvalue weighted by molar-refractivity contribution is -0.155. The zero-order valence-corrected chi connectivity index (χ0v) is 20.7. The van der Waals surface area contributed by atoms with E-state index in [0.717, 1.165) is 68.3 Å². The molecule has 0 atom stereocenters. The predicted octanol–water partition coefficient (Wildman–Crippen LogP) is 5.48. The molecule has 2 fully saturated rings. The molecule has 1 N–H and O–H groups in total. The third-order valence-electron chi connectivity index (χ3n) is 7.46. The summed E-state index contributed by atoms with van der Waals surface area (Å²) in [6.07, 6.45) is 7.77. The zero-order chi connectivity index (χ0) is 25.5. The third kappa shape index (κ3) is 5.86. The number of methoxy groups -OCH3 is 1. The summed E-state index contributed by atoms with van der Waals surface area (Å²) in [5, 5.41) is 2.97. The molecule has 4 rings (SSSR count). The zero-order valence-electron chi connectivity index (χ0n) is 20.7. The van der Waals surface area contributed by atoms with Gasteiger partial charge in [-0.05, 0) is 61.4 Å². The number of benzene rings is 2. The molecule has 1 amide bonds. The smallest absolute Gasteiger partial charge is 0.293 e. The highest BCUT2D eigenvalue weighted by molar-refractivity contribution is 5.96. The van der Waals surface area contributed by atoms with Gasteiger partial charge < -0.3 is 19.7 Å². The Morgan fingerprint density at radius 3 is 2.53 bits per heavy atom. The molecular formula is C28H34F2N2O4. The van der Waals surface area contributed by atoms with Crippen LogP contribution < -0.4 is 10.2 Å². The normalized spacial score (nSPS) is 17.2. The minimum absolute atomic E-state index is 0.120. The third-order valence-corrected chi connectivity index (χ3v) is 7.46. The first kappa shape index (κ1) is 26.1. The maximum atomic E-state index is 14.2. The highest BCUT2D eigenvalue weighted by atomic mass is 19.1. The Bertz CT molecular complexity index is 1070. The Morgan fingerprint density at radius 1 is 1.11 bits per heavy atom. The minimum Gasteiger partial charge on any atom is -0.456 e. The van der Waals surface area contributed by atoms with Gasteiger partial charge in [0.15, 0.2) is 0 Å². The molecule has 36 heavy (non-hydrogen) atoms. The molecule has 0 radical (unpaired) electrons. The fourth-order valence-corrected chi connectivity index (χ4v) is 5.35. The largest absolute Gasteiger partial charge is 0.456 e. The summed E-state index contributed by atoms with van der Waals surface area (Å²) in [7, 11) is 1.67. The maximum absolute atomic E-state index is 14.2. The van der Waals surface area contributed by atoms with Crippen molar-refractivity contribution in [1.82, 2.24) is 0 Å². The molecule has 0 heterocycles. The SMILES string of the molecule is COCCN(c1ccc(C2(OC=O)CCC2)cc1NC(=O)Cc1ccc(F)cc1F)C1CCCCC1. The number of halogens is 2. The molecule has 8 heteroatoms. The van der Waals surface area contributed by atoms with E-state index in [4.69, 9.17) is 9.47 Å². The number of rotatable bonds is 11. The second-order valence-corrected chi connectivity index (χ2v) is 9.73. The summed E-state index contributed by atoms with van der Waals surface area (Å²) in [4.78, 5) is 26.6. The first-order valence-electron chi connectivity index (χ1n) is 12.7. The lowest BCUT2D eigenvalue weighted by Crippen LogP contribution is -2.40. The van der Waals surface area contributed by atoms with E-state index in [1.807, 2.05) is 18.2 Å². The van der Waals surface area contributed by atoms with Crippen LogP contribution in [0.25, 0.3) is 0 Å². The van der Waals surface area contributed by atoms with Crippen LogP contribution in [0.5, 0.6) is 0 Å². The number of carbonyl (C=O) groups is 2. The number of ether oxygens (including phenoxy) is 2. The summed E-state index contributed by atoms with van der Waals surface area (Å²) in [6, 6.07) is 9.34. The van der Waals surface area contributed by atoms with Crippen molar-refractivity contribution in [3.8, 4) is 0 Å². The average molecular weight is 501 g/mol. The van der Waals surface area contributed by atoms with Crippen molar-refractivity contribution in [2.45, 2.75) is 69.4 Å². The molecule has 0 bridgehead atoms. The van der Waals surface area contributed by atoms with E-state index in [9.17, 15) is 18.4 Å². The van der Waals surface area contributed by atoms with Crippen molar-refractivity contribution in [3.05, 3.63) is 59.2 Å². The van der Waals surface area contributed by atoms with Crippen LogP contribution in [0.15, 0.2) is 36.4 Å². The van der Waals surface area contributed by atoms with Crippen LogP contribution in [0.1, 0.15) is 62.5 Å². The monoisotopic (exact) mass is 500 g/mol. The highest BCUT2D eigenvalue weighted by Crippen LogP contribution is 2.46. The van der Waals surface area contributed by atoms with Crippen LogP contribution in [0.3, 0.4) is 0 Å². The van der Waals surface area contributed by atoms with Gasteiger partial charge in [0.1, 0.15) is 17.2 Å². The van der Waals surface area contributed by atoms with E-state index in [1.165, 1.54) is 12.5 Å². The molecule has 2 aromatic rings. The van der Waals surface area contributed by atoms with Gasteiger partial charge in [0.05, 0.1) is 24.4 Å². The maximum Gasteiger partial charge on any atom is 0.293 e. The number of nitrogens with one attached hydrogen (secondary N) is 1. The Balaban J connectivity index is 1.67. The van der Waals surface area contributed by atoms with Gasteiger partial charge in [0.25, 0.3) is 6.47 Å². The lowest BCUT2D eigenvalue weighted by atomic mass is 9.74. The lowest BCUT2D eigenvalue weighted by Gasteiger charge is -2.41. The summed E-state index contributed by atoms with van der Waals surface area (Å²) >= 11 is 0. The van der Waals surface area contributed by atoms with Gasteiger partial charge in [-0.2, -0.15) is 0 Å². The average Bonchev–Trinajstić information content (AvgIpc) is 2.85. The first-order chi connectivity index (χ1) is 17.5. The molecule has 6 nitrogen and oxygen atoms in total. The Morgan fingerprint density at radius 2 is 1.89 bits per heavy atom. The van der Waals surface area contributed by atoms with Gasteiger partial charge in [0.2, 0.25) is 5.91 Å². The second kappa shape index (κ2) is 11.8. The molecule has 0 aliphatic heterocycles. The number of carbonyl (C=O) groups excluding carboxylic acids is 2. The standard InChI is InChI=1S/C28H34F2N2O4/c1-35-15-14-32(23-6-3-2-4-7-23)26-11-9-21(28(36-19-33)12-5-13-28)17-25(26)31-27(34)16-20-8-10-22(29)18-24(20)30/h8-11,17-19,23H,2-7,12-16H2,1H3,(H,31,34). The molecule has 0 spiro atoms. The molecule has 2 aliphatic carbocycles. The Kier molecular flexibility index (Phi) is 8.56. The van der Waals surface area contributed by atoms with Crippen molar-refractivity contribution in [2.75, 3.05) is 30.5 Å². The van der Waals surface area contributed by atoms with E-state index in [1.54, 1.807) is 7.11 Å². The van der Waals surface area contributed by atoms with Crippen molar-refractivity contribution in [2.24, 2.45) is 0 Å². The number of nitrogens with zero attached hydrogens (tertiary/aromatic N) is 1. The first-order valence-corrected chi connectivity index (χ1v) is 12.7. The van der Waals surface area contributed by atoms with Crippen molar-refractivity contribution >= 4 is 23.8 Å². The van der Waals surface area contributed by atoms with Gasteiger partial charge in [-0.1, -0.05) is 31.4 Å². The van der Waals surface area contributed by atoms with Crippen LogP contribution in [-0.2, 0) is 31.1 Å². The van der Waals surface area contributed by atoms with E-state index < -0.39 is 23.1 Å². The second-order valence-electron chi connectivity index (χ2n) is 9.73. The highest BCUT2D eigenvalue weighted by Gasteiger charge is 2.41. The molecule has 194 valence electrons. The number of hydrogen-bond donors (Lipinski definition) is 1. The van der Waals surface area contributed by atoms with Crippen LogP contribution >= 0.6 is 0 Å². The van der Waals surface area contributed by atoms with E-state index in [2.05, 4.69) is 10.2 Å². The van der Waals surface area contributed by atoms with E-state index in [0.29, 0.717) is 31.4 Å². The summed E-state index contributed by atoms with van der Waals surface area (Å²) < 4.78 is 38.4. The predicted molar refractivity (Wildman–Crippen MR) is 134 cm³/mol. The number of anilines is 2. The molecule has 2 aromatic carbocycles. The summed E-state index contributed by atoms with van der Waals surface area (Å²) in [6.45, 7) is 1.67. The molecule has 0 aromatic heterocycles. The number of amides is 1. The number of hydrogen-bond acceptors (Lipinski definition) is 5. The molecule has 0 saturated heterocycles. The van der Waals surface area contributed by atoms with E-state index >= 15 is 0 Å². The van der Waals surface area contributed by atoms with E-state index in [-0.39, 0.29) is 12.0 Å². The topological polar surface area (TPSA) is 67.9 Å². The van der Waals surface area contributed by atoms with Crippen LogP contribution in [0.4, 0.5) is 20.2 Å². The molecular weight excluding hydrogens is 466 g/mol. The van der Waals surface area contributed by atoms with Gasteiger partial charge in [-0.25, -0.2) is 8.78 Å². The molecule has 0 unspecified atom stereocenters. The molecule has 2 saturated carbocycles. The van der Waals surface area contributed by atoms with Crippen LogP contribution in [0, 0.1) is 11.6 Å². The quantitative estimate of drug-likeness (QED) is 0.414. The molecule has 2 aliphatic rings. The van der Waals surface area contributed by atoms with Crippen LogP contribution in [0.2, 0.25) is 0 Å². The van der Waals surface area contributed by atoms with Crippen LogP contribution in [-0.4, -0.2) is 38.7 Å².